The normalized spacial score (nSPS) is 11.0. The summed E-state index contributed by atoms with van der Waals surface area (Å²) in [7, 11) is 0. The summed E-state index contributed by atoms with van der Waals surface area (Å²) in [4.78, 5) is 22.0. The van der Waals surface area contributed by atoms with E-state index in [0.717, 1.165) is 21.7 Å². The number of nitrogens with zero attached hydrogens (tertiary/aromatic N) is 5. The van der Waals surface area contributed by atoms with E-state index in [2.05, 4.69) is 24.9 Å². The van der Waals surface area contributed by atoms with Crippen LogP contribution in [0, 0.1) is 0 Å². The molecule has 5 nitrogen and oxygen atoms in total. The molecule has 0 saturated heterocycles. The van der Waals surface area contributed by atoms with Crippen molar-refractivity contribution in [2.45, 2.75) is 10.1 Å². The van der Waals surface area contributed by atoms with Crippen LogP contribution in [0.4, 0.5) is 0 Å². The Hall–Kier alpha value is -2.28. The van der Waals surface area contributed by atoms with Gasteiger partial charge in [-0.3, -0.25) is 0 Å². The van der Waals surface area contributed by atoms with Gasteiger partial charge in [0.25, 0.3) is 0 Å². The Morgan fingerprint density at radius 2 is 1.80 bits per heavy atom. The fraction of sp³-hybridized carbons (Fsp3) is 0. The monoisotopic (exact) mass is 385 g/mol. The Balaban J connectivity index is 1.70. The molecule has 0 aliphatic heterocycles. The van der Waals surface area contributed by atoms with Gasteiger partial charge >= 0.3 is 0 Å². The molecular weight excluding hydrogens is 377 g/mol. The van der Waals surface area contributed by atoms with E-state index in [9.17, 15) is 0 Å². The van der Waals surface area contributed by atoms with Gasteiger partial charge in [-0.15, -0.1) is 0 Å². The molecule has 4 rings (SSSR count). The first kappa shape index (κ1) is 16.2. The second-order valence-corrected chi connectivity index (χ2v) is 6.78. The Kier molecular flexibility index (Phi) is 4.48. The van der Waals surface area contributed by atoms with E-state index in [1.807, 2.05) is 30.3 Å². The zero-order chi connectivity index (χ0) is 17.2. The van der Waals surface area contributed by atoms with Gasteiger partial charge < -0.3 is 0 Å². The number of halogens is 2. The molecule has 0 fully saturated rings. The van der Waals surface area contributed by atoms with Crippen molar-refractivity contribution in [1.29, 1.82) is 0 Å². The summed E-state index contributed by atoms with van der Waals surface area (Å²) in [5.41, 5.74) is 2.98. The summed E-state index contributed by atoms with van der Waals surface area (Å²) in [5.74, 6) is 0. The van der Waals surface area contributed by atoms with E-state index in [-0.39, 0.29) is 0 Å². The van der Waals surface area contributed by atoms with Crippen molar-refractivity contribution in [2.24, 2.45) is 0 Å². The van der Waals surface area contributed by atoms with E-state index >= 15 is 0 Å². The van der Waals surface area contributed by atoms with E-state index in [1.54, 1.807) is 18.5 Å². The van der Waals surface area contributed by atoms with Crippen LogP contribution in [0.1, 0.15) is 0 Å². The molecule has 0 saturated carbocycles. The largest absolute Gasteiger partial charge is 0.245 e. The van der Waals surface area contributed by atoms with E-state index in [1.165, 1.54) is 18.1 Å². The number of fused-ring (bicyclic) bond motifs is 1. The van der Waals surface area contributed by atoms with Crippen LogP contribution in [-0.4, -0.2) is 24.9 Å². The topological polar surface area (TPSA) is 64.5 Å². The van der Waals surface area contributed by atoms with Crippen molar-refractivity contribution in [1.82, 2.24) is 24.9 Å². The zero-order valence-electron chi connectivity index (χ0n) is 12.6. The second kappa shape index (κ2) is 6.92. The van der Waals surface area contributed by atoms with Crippen LogP contribution >= 0.6 is 35.0 Å². The van der Waals surface area contributed by atoms with Crippen LogP contribution in [0.3, 0.4) is 0 Å². The highest BCUT2D eigenvalue weighted by Gasteiger charge is 2.12. The summed E-state index contributed by atoms with van der Waals surface area (Å²) in [6, 6.07) is 11.1. The van der Waals surface area contributed by atoms with E-state index < -0.39 is 0 Å². The lowest BCUT2D eigenvalue weighted by Crippen LogP contribution is -1.91. The molecule has 3 heterocycles. The van der Waals surface area contributed by atoms with Crippen molar-refractivity contribution in [2.75, 3.05) is 0 Å². The molecule has 0 atom stereocenters. The lowest BCUT2D eigenvalue weighted by Gasteiger charge is -2.08. The van der Waals surface area contributed by atoms with Crippen molar-refractivity contribution >= 4 is 46.0 Å². The molecule has 0 spiro atoms. The number of hydrogen-bond acceptors (Lipinski definition) is 6. The first-order valence-electron chi connectivity index (χ1n) is 7.23. The standard InChI is InChI=1S/C17H9Cl2N5S/c18-15-5-4-12-13(23-15)8-21-17(24-12)25-14-3-1-2-10(16(14)19)11-6-7-20-9-22-11/h1-9H. The molecule has 0 bridgehead atoms. The molecule has 3 aromatic heterocycles. The zero-order valence-corrected chi connectivity index (χ0v) is 14.9. The predicted molar refractivity (Wildman–Crippen MR) is 98.9 cm³/mol. The third-order valence-electron chi connectivity index (χ3n) is 3.40. The highest BCUT2D eigenvalue weighted by atomic mass is 35.5. The van der Waals surface area contributed by atoms with Gasteiger partial charge in [0.1, 0.15) is 17.0 Å². The van der Waals surface area contributed by atoms with E-state index in [4.69, 9.17) is 23.2 Å². The lowest BCUT2D eigenvalue weighted by molar-refractivity contribution is 0.996. The summed E-state index contributed by atoms with van der Waals surface area (Å²) < 4.78 is 0. The van der Waals surface area contributed by atoms with Gasteiger partial charge in [0.2, 0.25) is 0 Å². The first-order valence-corrected chi connectivity index (χ1v) is 8.80. The van der Waals surface area contributed by atoms with Gasteiger partial charge in [0, 0.05) is 16.7 Å². The van der Waals surface area contributed by atoms with Crippen molar-refractivity contribution < 1.29 is 0 Å². The Morgan fingerprint density at radius 3 is 2.64 bits per heavy atom. The van der Waals surface area contributed by atoms with Crippen LogP contribution < -0.4 is 0 Å². The smallest absolute Gasteiger partial charge is 0.193 e. The quantitative estimate of drug-likeness (QED) is 0.367. The molecule has 0 amide bonds. The Bertz CT molecular complexity index is 1060. The summed E-state index contributed by atoms with van der Waals surface area (Å²) in [5, 5.41) is 1.60. The van der Waals surface area contributed by atoms with Gasteiger partial charge in [-0.25, -0.2) is 24.9 Å². The predicted octanol–water partition coefficient (Wildman–Crippen LogP) is 4.94. The van der Waals surface area contributed by atoms with Crippen LogP contribution in [0.2, 0.25) is 10.2 Å². The van der Waals surface area contributed by atoms with Gasteiger partial charge in [0.15, 0.2) is 5.16 Å². The van der Waals surface area contributed by atoms with Crippen LogP contribution in [0.15, 0.2) is 65.2 Å². The molecule has 0 radical (unpaired) electrons. The molecule has 0 unspecified atom stereocenters. The van der Waals surface area contributed by atoms with Crippen molar-refractivity contribution in [3.05, 3.63) is 65.3 Å². The SMILES string of the molecule is Clc1ccc2nc(Sc3cccc(-c4ccncn4)c3Cl)ncc2n1. The summed E-state index contributed by atoms with van der Waals surface area (Å²) >= 11 is 13.8. The van der Waals surface area contributed by atoms with Gasteiger partial charge in [0.05, 0.1) is 22.4 Å². The van der Waals surface area contributed by atoms with Gasteiger partial charge in [-0.2, -0.15) is 0 Å². The average molecular weight is 386 g/mol. The molecule has 8 heteroatoms. The molecule has 1 aromatic carbocycles. The maximum atomic E-state index is 6.57. The summed E-state index contributed by atoms with van der Waals surface area (Å²) in [6.45, 7) is 0. The molecule has 0 aliphatic carbocycles. The first-order chi connectivity index (χ1) is 12.2. The highest BCUT2D eigenvalue weighted by molar-refractivity contribution is 7.99. The van der Waals surface area contributed by atoms with Gasteiger partial charge in [-0.05, 0) is 36.0 Å². The summed E-state index contributed by atoms with van der Waals surface area (Å²) in [6.07, 6.45) is 4.83. The number of aromatic nitrogens is 5. The Labute approximate surface area is 157 Å². The minimum Gasteiger partial charge on any atom is -0.245 e. The van der Waals surface area contributed by atoms with Gasteiger partial charge in [-0.1, -0.05) is 35.3 Å². The van der Waals surface area contributed by atoms with E-state index in [0.29, 0.717) is 20.8 Å². The van der Waals surface area contributed by atoms with Crippen molar-refractivity contribution in [3.63, 3.8) is 0 Å². The molecule has 0 aliphatic rings. The maximum Gasteiger partial charge on any atom is 0.193 e. The fourth-order valence-electron chi connectivity index (χ4n) is 2.27. The molecule has 4 aromatic rings. The molecule has 0 N–H and O–H groups in total. The van der Waals surface area contributed by atoms with Crippen LogP contribution in [0.5, 0.6) is 0 Å². The Morgan fingerprint density at radius 1 is 0.880 bits per heavy atom. The van der Waals surface area contributed by atoms with Crippen molar-refractivity contribution in [3.8, 4) is 11.3 Å². The minimum absolute atomic E-state index is 0.414. The lowest BCUT2D eigenvalue weighted by atomic mass is 10.1. The average Bonchev–Trinajstić information content (AvgIpc) is 2.64. The van der Waals surface area contributed by atoms with Crippen LogP contribution in [0.25, 0.3) is 22.3 Å². The number of hydrogen-bond donors (Lipinski definition) is 0. The third kappa shape index (κ3) is 3.42. The number of rotatable bonds is 3. The van der Waals surface area contributed by atoms with Crippen LogP contribution in [-0.2, 0) is 0 Å². The third-order valence-corrected chi connectivity index (χ3v) is 5.07. The minimum atomic E-state index is 0.414. The highest BCUT2D eigenvalue weighted by Crippen LogP contribution is 2.37. The number of pyridine rings is 1. The molecular formula is C17H9Cl2N5S. The number of benzene rings is 1. The molecule has 25 heavy (non-hydrogen) atoms. The fourth-order valence-corrected chi connectivity index (χ4v) is 3.55. The second-order valence-electron chi connectivity index (χ2n) is 5.01. The molecule has 122 valence electrons. The maximum absolute atomic E-state index is 6.57.